The number of benzene rings is 1. The maximum atomic E-state index is 9.45. The standard InChI is InChI=1S/C14H18ClN3O/c1-10-9-18(6-5-17(10)2)13(8-16)11-3-4-14(19)12(15)7-11/h3-4,7,10,13,19H,5-6,9H2,1-2H3. The molecule has 0 spiro atoms. The molecule has 2 rings (SSSR count). The second-order valence-corrected chi connectivity index (χ2v) is 5.47. The number of piperazine rings is 1. The van der Waals surface area contributed by atoms with Gasteiger partial charge in [0.05, 0.1) is 11.1 Å². The molecule has 5 heteroatoms. The number of phenolic OH excluding ortho intramolecular Hbond substituents is 1. The van der Waals surface area contributed by atoms with Crippen LogP contribution in [0.5, 0.6) is 5.75 Å². The van der Waals surface area contributed by atoms with Crippen LogP contribution in [0.15, 0.2) is 18.2 Å². The zero-order chi connectivity index (χ0) is 14.0. The first-order chi connectivity index (χ1) is 9.02. The van der Waals surface area contributed by atoms with Crippen molar-refractivity contribution in [2.45, 2.75) is 19.0 Å². The minimum Gasteiger partial charge on any atom is -0.506 e. The minimum absolute atomic E-state index is 0.0499. The molecule has 2 atom stereocenters. The Morgan fingerprint density at radius 2 is 2.21 bits per heavy atom. The summed E-state index contributed by atoms with van der Waals surface area (Å²) in [5, 5.41) is 19.2. The number of nitrogens with zero attached hydrogens (tertiary/aromatic N) is 3. The van der Waals surface area contributed by atoms with E-state index in [1.54, 1.807) is 18.2 Å². The maximum absolute atomic E-state index is 9.45. The average Bonchev–Trinajstić information content (AvgIpc) is 2.39. The van der Waals surface area contributed by atoms with Crippen molar-refractivity contribution >= 4 is 11.6 Å². The van der Waals surface area contributed by atoms with Gasteiger partial charge in [0.25, 0.3) is 0 Å². The summed E-state index contributed by atoms with van der Waals surface area (Å²) >= 11 is 5.92. The highest BCUT2D eigenvalue weighted by molar-refractivity contribution is 6.32. The quantitative estimate of drug-likeness (QED) is 0.902. The second kappa shape index (κ2) is 5.79. The number of likely N-dealkylation sites (N-methyl/N-ethyl adjacent to an activating group) is 1. The van der Waals surface area contributed by atoms with E-state index < -0.39 is 0 Å². The fourth-order valence-corrected chi connectivity index (χ4v) is 2.56. The van der Waals surface area contributed by atoms with E-state index in [0.29, 0.717) is 11.1 Å². The van der Waals surface area contributed by atoms with E-state index in [-0.39, 0.29) is 11.8 Å². The van der Waals surface area contributed by atoms with Crippen molar-refractivity contribution in [3.05, 3.63) is 28.8 Å². The van der Waals surface area contributed by atoms with Crippen LogP contribution in [-0.4, -0.2) is 47.6 Å². The topological polar surface area (TPSA) is 50.5 Å². The maximum Gasteiger partial charge on any atom is 0.134 e. The summed E-state index contributed by atoms with van der Waals surface area (Å²) in [6.45, 7) is 4.82. The van der Waals surface area contributed by atoms with Crippen LogP contribution in [0, 0.1) is 11.3 Å². The molecule has 2 unspecified atom stereocenters. The van der Waals surface area contributed by atoms with Crippen molar-refractivity contribution in [3.8, 4) is 11.8 Å². The van der Waals surface area contributed by atoms with E-state index in [0.717, 1.165) is 25.2 Å². The van der Waals surface area contributed by atoms with Gasteiger partial charge in [0.15, 0.2) is 0 Å². The van der Waals surface area contributed by atoms with E-state index in [1.807, 2.05) is 0 Å². The second-order valence-electron chi connectivity index (χ2n) is 5.07. The average molecular weight is 280 g/mol. The van der Waals surface area contributed by atoms with Gasteiger partial charge in [-0.05, 0) is 31.7 Å². The molecule has 4 nitrogen and oxygen atoms in total. The van der Waals surface area contributed by atoms with Crippen LogP contribution in [0.3, 0.4) is 0 Å². The van der Waals surface area contributed by atoms with Crippen LogP contribution in [0.25, 0.3) is 0 Å². The Morgan fingerprint density at radius 1 is 1.47 bits per heavy atom. The monoisotopic (exact) mass is 279 g/mol. The largest absolute Gasteiger partial charge is 0.506 e. The summed E-state index contributed by atoms with van der Waals surface area (Å²) in [5.74, 6) is 0.0499. The normalized spacial score (nSPS) is 22.9. The van der Waals surface area contributed by atoms with Gasteiger partial charge in [-0.15, -0.1) is 0 Å². The number of nitriles is 1. The van der Waals surface area contributed by atoms with Crippen molar-refractivity contribution in [2.24, 2.45) is 0 Å². The van der Waals surface area contributed by atoms with Crippen molar-refractivity contribution in [2.75, 3.05) is 26.7 Å². The first-order valence-electron chi connectivity index (χ1n) is 6.35. The molecule has 1 saturated heterocycles. The van der Waals surface area contributed by atoms with Gasteiger partial charge in [0.2, 0.25) is 0 Å². The Labute approximate surface area is 118 Å². The Balaban J connectivity index is 2.20. The van der Waals surface area contributed by atoms with Gasteiger partial charge >= 0.3 is 0 Å². The summed E-state index contributed by atoms with van der Waals surface area (Å²) in [6, 6.07) is 7.43. The van der Waals surface area contributed by atoms with Crippen LogP contribution in [-0.2, 0) is 0 Å². The Hall–Kier alpha value is -1.28. The Kier molecular flexibility index (Phi) is 4.31. The Bertz CT molecular complexity index is 500. The van der Waals surface area contributed by atoms with Crippen molar-refractivity contribution < 1.29 is 5.11 Å². The highest BCUT2D eigenvalue weighted by Gasteiger charge is 2.27. The molecule has 1 aromatic carbocycles. The van der Waals surface area contributed by atoms with E-state index in [1.165, 1.54) is 0 Å². The van der Waals surface area contributed by atoms with E-state index in [9.17, 15) is 10.4 Å². The van der Waals surface area contributed by atoms with Crippen molar-refractivity contribution in [1.82, 2.24) is 9.80 Å². The van der Waals surface area contributed by atoms with Crippen molar-refractivity contribution in [3.63, 3.8) is 0 Å². The molecule has 1 aliphatic heterocycles. The number of hydrogen-bond donors (Lipinski definition) is 1. The van der Waals surface area contributed by atoms with Gasteiger partial charge in [-0.25, -0.2) is 0 Å². The van der Waals surface area contributed by atoms with Gasteiger partial charge in [0, 0.05) is 25.7 Å². The van der Waals surface area contributed by atoms with E-state index in [4.69, 9.17) is 11.6 Å². The van der Waals surface area contributed by atoms with Gasteiger partial charge in [-0.1, -0.05) is 17.7 Å². The predicted molar refractivity (Wildman–Crippen MR) is 75.1 cm³/mol. The number of rotatable bonds is 2. The van der Waals surface area contributed by atoms with Crippen LogP contribution in [0.4, 0.5) is 0 Å². The van der Waals surface area contributed by atoms with Gasteiger partial charge in [0.1, 0.15) is 11.8 Å². The molecule has 1 fully saturated rings. The molecule has 0 aliphatic carbocycles. The zero-order valence-corrected chi connectivity index (χ0v) is 11.9. The highest BCUT2D eigenvalue weighted by atomic mass is 35.5. The number of halogens is 1. The molecule has 19 heavy (non-hydrogen) atoms. The summed E-state index contributed by atoms with van der Waals surface area (Å²) < 4.78 is 0. The minimum atomic E-state index is -0.311. The van der Waals surface area contributed by atoms with Gasteiger partial charge in [-0.2, -0.15) is 5.26 Å². The summed E-state index contributed by atoms with van der Waals surface area (Å²) in [5.41, 5.74) is 0.835. The van der Waals surface area contributed by atoms with Crippen LogP contribution < -0.4 is 0 Å². The van der Waals surface area contributed by atoms with E-state index >= 15 is 0 Å². The molecule has 1 heterocycles. The van der Waals surface area contributed by atoms with Crippen LogP contribution >= 0.6 is 11.6 Å². The lowest BCUT2D eigenvalue weighted by molar-refractivity contribution is 0.0881. The van der Waals surface area contributed by atoms with Crippen LogP contribution in [0.2, 0.25) is 5.02 Å². The number of aromatic hydroxyl groups is 1. The SMILES string of the molecule is CC1CN(C(C#N)c2ccc(O)c(Cl)c2)CCN1C. The first-order valence-corrected chi connectivity index (χ1v) is 6.73. The molecule has 0 aromatic heterocycles. The number of hydrogen-bond acceptors (Lipinski definition) is 4. The summed E-state index contributed by atoms with van der Waals surface area (Å²) in [7, 11) is 2.10. The fraction of sp³-hybridized carbons (Fsp3) is 0.500. The molecule has 102 valence electrons. The molecule has 1 aromatic rings. The number of phenols is 1. The lowest BCUT2D eigenvalue weighted by Crippen LogP contribution is -2.50. The predicted octanol–water partition coefficient (Wildman–Crippen LogP) is 2.25. The molecule has 0 radical (unpaired) electrons. The summed E-state index contributed by atoms with van der Waals surface area (Å²) in [4.78, 5) is 4.45. The molecule has 1 aliphatic rings. The molecule has 0 amide bonds. The van der Waals surface area contributed by atoms with Crippen LogP contribution in [0.1, 0.15) is 18.5 Å². The van der Waals surface area contributed by atoms with Crippen molar-refractivity contribution in [1.29, 1.82) is 5.26 Å². The third-order valence-electron chi connectivity index (χ3n) is 3.77. The molecular weight excluding hydrogens is 262 g/mol. The summed E-state index contributed by atoms with van der Waals surface area (Å²) in [6.07, 6.45) is 0. The van der Waals surface area contributed by atoms with Gasteiger partial charge in [-0.3, -0.25) is 4.90 Å². The zero-order valence-electron chi connectivity index (χ0n) is 11.2. The highest BCUT2D eigenvalue weighted by Crippen LogP contribution is 2.29. The lowest BCUT2D eigenvalue weighted by Gasteiger charge is -2.39. The third kappa shape index (κ3) is 3.01. The molecule has 0 saturated carbocycles. The lowest BCUT2D eigenvalue weighted by atomic mass is 10.0. The molecule has 1 N–H and O–H groups in total. The third-order valence-corrected chi connectivity index (χ3v) is 4.07. The first kappa shape index (κ1) is 14.1. The Morgan fingerprint density at radius 3 is 2.79 bits per heavy atom. The smallest absolute Gasteiger partial charge is 0.134 e. The fourth-order valence-electron chi connectivity index (χ4n) is 2.37. The van der Waals surface area contributed by atoms with Gasteiger partial charge < -0.3 is 10.0 Å². The molecule has 0 bridgehead atoms. The molecular formula is C14H18ClN3O. The van der Waals surface area contributed by atoms with E-state index in [2.05, 4.69) is 29.8 Å².